The Balaban J connectivity index is 1.43. The van der Waals surface area contributed by atoms with E-state index in [0.717, 1.165) is 52.2 Å². The number of aliphatic hydroxyl groups excluding tert-OH is 1. The van der Waals surface area contributed by atoms with Gasteiger partial charge in [0, 0.05) is 30.6 Å². The third kappa shape index (κ3) is 4.72. The molecule has 36 heavy (non-hydrogen) atoms. The molecule has 184 valence electrons. The number of nitrogens with zero attached hydrogens (tertiary/aromatic N) is 4. The van der Waals surface area contributed by atoms with E-state index in [0.29, 0.717) is 18.5 Å². The number of hydrogen-bond donors (Lipinski definition) is 3. The lowest BCUT2D eigenvalue weighted by Gasteiger charge is -2.10. The predicted molar refractivity (Wildman–Crippen MR) is 141 cm³/mol. The van der Waals surface area contributed by atoms with E-state index < -0.39 is 6.10 Å². The molecule has 8 nitrogen and oxygen atoms in total. The minimum absolute atomic E-state index is 0.0684. The van der Waals surface area contributed by atoms with Crippen molar-refractivity contribution in [2.24, 2.45) is 0 Å². The van der Waals surface area contributed by atoms with E-state index in [9.17, 15) is 9.90 Å². The largest absolute Gasteiger partial charge is 0.389 e. The van der Waals surface area contributed by atoms with E-state index in [-0.39, 0.29) is 11.9 Å². The molecule has 0 saturated carbocycles. The molecule has 2 atom stereocenters. The van der Waals surface area contributed by atoms with Crippen LogP contribution in [0.15, 0.2) is 67.0 Å². The van der Waals surface area contributed by atoms with E-state index in [4.69, 9.17) is 5.10 Å². The third-order valence-electron chi connectivity index (χ3n) is 6.45. The van der Waals surface area contributed by atoms with Crippen LogP contribution in [-0.2, 0) is 6.54 Å². The van der Waals surface area contributed by atoms with Crippen LogP contribution < -0.4 is 10.6 Å². The van der Waals surface area contributed by atoms with Gasteiger partial charge in [-0.1, -0.05) is 61.5 Å². The van der Waals surface area contributed by atoms with Crippen molar-refractivity contribution in [2.75, 3.05) is 11.9 Å². The first-order valence-corrected chi connectivity index (χ1v) is 12.3. The van der Waals surface area contributed by atoms with Crippen LogP contribution in [0, 0.1) is 6.92 Å². The van der Waals surface area contributed by atoms with Crippen molar-refractivity contribution in [1.29, 1.82) is 0 Å². The Labute approximate surface area is 210 Å². The highest BCUT2D eigenvalue weighted by atomic mass is 16.3. The molecular formula is C28H30N6O2. The molecular weight excluding hydrogens is 452 g/mol. The fourth-order valence-corrected chi connectivity index (χ4v) is 4.51. The van der Waals surface area contributed by atoms with Gasteiger partial charge < -0.3 is 15.7 Å². The van der Waals surface area contributed by atoms with Gasteiger partial charge in [0.15, 0.2) is 5.65 Å². The minimum Gasteiger partial charge on any atom is -0.389 e. The Morgan fingerprint density at radius 1 is 1.11 bits per heavy atom. The van der Waals surface area contributed by atoms with Crippen molar-refractivity contribution in [3.05, 3.63) is 83.7 Å². The number of allylic oxidation sites excluding steroid dienone is 1. The van der Waals surface area contributed by atoms with Gasteiger partial charge in [-0.2, -0.15) is 5.10 Å². The summed E-state index contributed by atoms with van der Waals surface area (Å²) < 4.78 is 1.88. The van der Waals surface area contributed by atoms with Crippen LogP contribution in [0.3, 0.4) is 0 Å². The van der Waals surface area contributed by atoms with Crippen LogP contribution in [0.4, 0.5) is 5.82 Å². The molecule has 0 fully saturated rings. The van der Waals surface area contributed by atoms with E-state index in [1.807, 2.05) is 66.2 Å². The van der Waals surface area contributed by atoms with Crippen LogP contribution in [-0.4, -0.2) is 43.4 Å². The summed E-state index contributed by atoms with van der Waals surface area (Å²) in [7, 11) is 0. The molecule has 0 aliphatic heterocycles. The van der Waals surface area contributed by atoms with Gasteiger partial charge in [0.05, 0.1) is 17.5 Å². The standard InChI is InChI=1S/C28H30N6O2/c1-3-14-29-26-24-25(33-34(27(24)32-17-31-26)21-12-13-22(35)15-21)20-10-8-19(9-11-20)16-30-28(36)23-7-5-4-6-18(23)2/h4-13,17,21-22,35H,3,14-16H2,1-2H3,(H,30,36)(H,29,31,32)/t21-,22-/m0/s1. The maximum Gasteiger partial charge on any atom is 0.251 e. The monoisotopic (exact) mass is 482 g/mol. The molecule has 4 aromatic rings. The smallest absolute Gasteiger partial charge is 0.251 e. The maximum absolute atomic E-state index is 12.6. The molecule has 5 rings (SSSR count). The van der Waals surface area contributed by atoms with Crippen molar-refractivity contribution in [3.63, 3.8) is 0 Å². The molecule has 0 saturated heterocycles. The number of aliphatic hydroxyl groups is 1. The molecule has 0 radical (unpaired) electrons. The van der Waals surface area contributed by atoms with Crippen molar-refractivity contribution < 1.29 is 9.90 Å². The number of amides is 1. The lowest BCUT2D eigenvalue weighted by molar-refractivity contribution is 0.0950. The number of rotatable bonds is 8. The summed E-state index contributed by atoms with van der Waals surface area (Å²) >= 11 is 0. The van der Waals surface area contributed by atoms with Crippen LogP contribution in [0.5, 0.6) is 0 Å². The van der Waals surface area contributed by atoms with E-state index in [1.165, 1.54) is 0 Å². The average molecular weight is 483 g/mol. The Hall–Kier alpha value is -4.04. The normalized spacial score (nSPS) is 17.0. The zero-order valence-corrected chi connectivity index (χ0v) is 20.5. The lowest BCUT2D eigenvalue weighted by Crippen LogP contribution is -2.23. The third-order valence-corrected chi connectivity index (χ3v) is 6.45. The van der Waals surface area contributed by atoms with Crippen molar-refractivity contribution in [1.82, 2.24) is 25.1 Å². The average Bonchev–Trinajstić information content (AvgIpc) is 3.50. The zero-order valence-electron chi connectivity index (χ0n) is 20.5. The van der Waals surface area contributed by atoms with Crippen LogP contribution in [0.25, 0.3) is 22.3 Å². The highest BCUT2D eigenvalue weighted by Crippen LogP contribution is 2.35. The Kier molecular flexibility index (Phi) is 6.77. The predicted octanol–water partition coefficient (Wildman–Crippen LogP) is 4.42. The zero-order chi connectivity index (χ0) is 25.1. The summed E-state index contributed by atoms with van der Waals surface area (Å²) in [4.78, 5) is 21.6. The Morgan fingerprint density at radius 3 is 2.64 bits per heavy atom. The topological polar surface area (TPSA) is 105 Å². The molecule has 2 heterocycles. The molecule has 1 aliphatic rings. The highest BCUT2D eigenvalue weighted by molar-refractivity contribution is 5.99. The molecule has 2 aromatic carbocycles. The first-order valence-electron chi connectivity index (χ1n) is 12.3. The van der Waals surface area contributed by atoms with Crippen molar-refractivity contribution in [2.45, 2.75) is 45.4 Å². The summed E-state index contributed by atoms with van der Waals surface area (Å²) in [5, 5.41) is 22.2. The van der Waals surface area contributed by atoms with E-state index >= 15 is 0 Å². The first kappa shape index (κ1) is 23.7. The summed E-state index contributed by atoms with van der Waals surface area (Å²) in [6.45, 7) is 5.26. The fraction of sp³-hybridized carbons (Fsp3) is 0.286. The quantitative estimate of drug-likeness (QED) is 0.321. The van der Waals surface area contributed by atoms with E-state index in [2.05, 4.69) is 27.5 Å². The number of carbonyl (C=O) groups excluding carboxylic acids is 1. The fourth-order valence-electron chi connectivity index (χ4n) is 4.51. The van der Waals surface area contributed by atoms with Gasteiger partial charge in [0.2, 0.25) is 0 Å². The summed E-state index contributed by atoms with van der Waals surface area (Å²) in [5.41, 5.74) is 5.08. The molecule has 3 N–H and O–H groups in total. The molecule has 0 unspecified atom stereocenters. The SMILES string of the molecule is CCCNc1ncnc2c1c(-c1ccc(CNC(=O)c3ccccc3C)cc1)nn2[C@H]1C=C[C@H](O)C1. The Bertz CT molecular complexity index is 1410. The van der Waals surface area contributed by atoms with Crippen LogP contribution in [0.1, 0.15) is 47.3 Å². The second-order valence-corrected chi connectivity index (χ2v) is 9.09. The number of aromatic nitrogens is 4. The lowest BCUT2D eigenvalue weighted by atomic mass is 10.1. The Morgan fingerprint density at radius 2 is 1.92 bits per heavy atom. The summed E-state index contributed by atoms with van der Waals surface area (Å²) in [6, 6.07) is 15.5. The second kappa shape index (κ2) is 10.3. The molecule has 8 heteroatoms. The number of aryl methyl sites for hydroxylation is 1. The van der Waals surface area contributed by atoms with Gasteiger partial charge >= 0.3 is 0 Å². The summed E-state index contributed by atoms with van der Waals surface area (Å²) in [6.07, 6.45) is 6.38. The number of fused-ring (bicyclic) bond motifs is 1. The van der Waals surface area contributed by atoms with Gasteiger partial charge in [0.1, 0.15) is 17.8 Å². The van der Waals surface area contributed by atoms with Gasteiger partial charge in [-0.3, -0.25) is 4.79 Å². The summed E-state index contributed by atoms with van der Waals surface area (Å²) in [5.74, 6) is 0.665. The molecule has 1 amide bonds. The number of hydrogen-bond acceptors (Lipinski definition) is 6. The highest BCUT2D eigenvalue weighted by Gasteiger charge is 2.25. The van der Waals surface area contributed by atoms with Gasteiger partial charge in [-0.25, -0.2) is 14.6 Å². The molecule has 2 aromatic heterocycles. The maximum atomic E-state index is 12.6. The number of benzene rings is 2. The second-order valence-electron chi connectivity index (χ2n) is 9.09. The van der Waals surface area contributed by atoms with Crippen LogP contribution >= 0.6 is 0 Å². The van der Waals surface area contributed by atoms with Crippen molar-refractivity contribution >= 4 is 22.8 Å². The minimum atomic E-state index is -0.480. The van der Waals surface area contributed by atoms with Crippen molar-refractivity contribution in [3.8, 4) is 11.3 Å². The van der Waals surface area contributed by atoms with Gasteiger partial charge in [-0.15, -0.1) is 0 Å². The molecule has 0 bridgehead atoms. The van der Waals surface area contributed by atoms with Gasteiger partial charge in [0.25, 0.3) is 5.91 Å². The number of anilines is 1. The number of carbonyl (C=O) groups is 1. The first-order chi connectivity index (χ1) is 17.5. The van der Waals surface area contributed by atoms with Gasteiger partial charge in [-0.05, 0) is 30.5 Å². The number of nitrogens with one attached hydrogen (secondary N) is 2. The van der Waals surface area contributed by atoms with E-state index in [1.54, 1.807) is 12.4 Å². The molecule has 1 aliphatic carbocycles. The molecule has 0 spiro atoms. The van der Waals surface area contributed by atoms with Crippen LogP contribution in [0.2, 0.25) is 0 Å².